The third-order valence-electron chi connectivity index (χ3n) is 4.84. The van der Waals surface area contributed by atoms with Crippen LogP contribution < -0.4 is 5.32 Å². The molecule has 0 bridgehead atoms. The lowest BCUT2D eigenvalue weighted by Gasteiger charge is -2.10. The zero-order valence-corrected chi connectivity index (χ0v) is 19.0. The van der Waals surface area contributed by atoms with Crippen molar-refractivity contribution in [3.8, 4) is 28.2 Å². The van der Waals surface area contributed by atoms with Gasteiger partial charge >= 0.3 is 0 Å². The fourth-order valence-corrected chi connectivity index (χ4v) is 4.10. The molecular weight excluding hydrogens is 446 g/mol. The number of nitrogens with zero attached hydrogens (tertiary/aromatic N) is 2. The molecule has 162 valence electrons. The zero-order valence-electron chi connectivity index (χ0n) is 17.4. The van der Waals surface area contributed by atoms with E-state index in [9.17, 15) is 13.2 Å². The molecule has 4 aromatic rings. The first-order valence-corrected chi connectivity index (χ1v) is 12.0. The Bertz CT molecular complexity index is 1390. The van der Waals surface area contributed by atoms with Gasteiger partial charge in [-0.3, -0.25) is 4.79 Å². The number of amides is 1. The number of halogens is 1. The molecule has 6 nitrogen and oxygen atoms in total. The molecule has 0 saturated heterocycles. The van der Waals surface area contributed by atoms with E-state index >= 15 is 0 Å². The zero-order chi connectivity index (χ0) is 22.9. The van der Waals surface area contributed by atoms with Crippen LogP contribution in [0.25, 0.3) is 28.2 Å². The smallest absolute Gasteiger partial charge is 0.221 e. The van der Waals surface area contributed by atoms with Crippen molar-refractivity contribution in [3.63, 3.8) is 0 Å². The Morgan fingerprint density at radius 2 is 1.62 bits per heavy atom. The summed E-state index contributed by atoms with van der Waals surface area (Å²) in [5.41, 5.74) is 4.63. The summed E-state index contributed by atoms with van der Waals surface area (Å²) in [6.07, 6.45) is 1.17. The quantitative estimate of drug-likeness (QED) is 0.438. The van der Waals surface area contributed by atoms with Crippen LogP contribution in [0.15, 0.2) is 83.8 Å². The average molecular weight is 466 g/mol. The second-order valence-electron chi connectivity index (χ2n) is 7.36. The molecule has 1 N–H and O–H groups in total. The largest absolute Gasteiger partial charge is 0.326 e. The molecule has 0 unspecified atom stereocenters. The number of carbonyl (C=O) groups is 1. The summed E-state index contributed by atoms with van der Waals surface area (Å²) < 4.78 is 25.4. The van der Waals surface area contributed by atoms with E-state index in [1.54, 1.807) is 41.1 Å². The Morgan fingerprint density at radius 3 is 2.25 bits per heavy atom. The molecular formula is C24H20ClN3O3S. The molecule has 0 fully saturated rings. The fraction of sp³-hybridized carbons (Fsp3) is 0.0833. The molecule has 1 aromatic heterocycles. The third-order valence-corrected chi connectivity index (χ3v) is 6.22. The number of hydrogen-bond acceptors (Lipinski definition) is 4. The van der Waals surface area contributed by atoms with Gasteiger partial charge in [-0.1, -0.05) is 35.9 Å². The molecule has 0 radical (unpaired) electrons. The SMILES string of the molecule is CC(=O)Nc1cccc(-c2cc(-c3ccc(Cl)cc3)nn2-c2ccc(S(C)(=O)=O)cc2)c1. The Kier molecular flexibility index (Phi) is 5.86. The van der Waals surface area contributed by atoms with Crippen LogP contribution in [0.4, 0.5) is 5.69 Å². The van der Waals surface area contributed by atoms with Crippen molar-refractivity contribution in [2.45, 2.75) is 11.8 Å². The summed E-state index contributed by atoms with van der Waals surface area (Å²) in [6.45, 7) is 1.46. The predicted molar refractivity (Wildman–Crippen MR) is 127 cm³/mol. The van der Waals surface area contributed by atoms with Gasteiger partial charge in [0.1, 0.15) is 0 Å². The summed E-state index contributed by atoms with van der Waals surface area (Å²) in [4.78, 5) is 11.7. The third kappa shape index (κ3) is 4.74. The van der Waals surface area contributed by atoms with Crippen LogP contribution in [0.3, 0.4) is 0 Å². The van der Waals surface area contributed by atoms with E-state index in [-0.39, 0.29) is 10.8 Å². The second kappa shape index (κ2) is 8.61. The van der Waals surface area contributed by atoms with Crippen LogP contribution >= 0.6 is 11.6 Å². The number of rotatable bonds is 5. The molecule has 0 saturated carbocycles. The molecule has 1 amide bonds. The Balaban J connectivity index is 1.86. The van der Waals surface area contributed by atoms with Gasteiger partial charge in [0.05, 0.1) is 22.0 Å². The summed E-state index contributed by atoms with van der Waals surface area (Å²) in [5, 5.41) is 8.20. The predicted octanol–water partition coefficient (Wildman–Crippen LogP) is 5.22. The summed E-state index contributed by atoms with van der Waals surface area (Å²) >= 11 is 6.03. The van der Waals surface area contributed by atoms with Crippen LogP contribution in [-0.2, 0) is 14.6 Å². The van der Waals surface area contributed by atoms with Gasteiger partial charge in [-0.2, -0.15) is 5.10 Å². The maximum Gasteiger partial charge on any atom is 0.221 e. The van der Waals surface area contributed by atoms with E-state index in [2.05, 4.69) is 5.32 Å². The molecule has 0 spiro atoms. The fourth-order valence-electron chi connectivity index (χ4n) is 3.34. The first kappa shape index (κ1) is 21.8. The Hall–Kier alpha value is -3.42. The highest BCUT2D eigenvalue weighted by Crippen LogP contribution is 2.31. The van der Waals surface area contributed by atoms with E-state index in [1.165, 1.54) is 13.2 Å². The first-order valence-electron chi connectivity index (χ1n) is 9.75. The van der Waals surface area contributed by atoms with Crippen LogP contribution in [0.5, 0.6) is 0 Å². The average Bonchev–Trinajstić information content (AvgIpc) is 3.19. The highest BCUT2D eigenvalue weighted by molar-refractivity contribution is 7.90. The lowest BCUT2D eigenvalue weighted by atomic mass is 10.1. The van der Waals surface area contributed by atoms with Crippen molar-refractivity contribution in [1.29, 1.82) is 0 Å². The van der Waals surface area contributed by atoms with Crippen molar-refractivity contribution in [3.05, 3.63) is 83.9 Å². The van der Waals surface area contributed by atoms with Gasteiger partial charge in [0, 0.05) is 35.0 Å². The normalized spacial score (nSPS) is 11.3. The van der Waals surface area contributed by atoms with Gasteiger partial charge in [-0.15, -0.1) is 0 Å². The Morgan fingerprint density at radius 1 is 0.938 bits per heavy atom. The second-order valence-corrected chi connectivity index (χ2v) is 9.81. The molecule has 1 heterocycles. The summed E-state index contributed by atoms with van der Waals surface area (Å²) in [5.74, 6) is -0.158. The minimum absolute atomic E-state index is 0.158. The molecule has 0 aliphatic rings. The van der Waals surface area contributed by atoms with Gasteiger partial charge in [0.15, 0.2) is 9.84 Å². The van der Waals surface area contributed by atoms with Crippen LogP contribution in [-0.4, -0.2) is 30.4 Å². The molecule has 0 atom stereocenters. The molecule has 4 rings (SSSR count). The van der Waals surface area contributed by atoms with E-state index in [1.807, 2.05) is 42.5 Å². The minimum Gasteiger partial charge on any atom is -0.326 e. The maximum absolute atomic E-state index is 11.8. The number of benzene rings is 3. The molecule has 3 aromatic carbocycles. The first-order chi connectivity index (χ1) is 15.2. The van der Waals surface area contributed by atoms with Crippen LogP contribution in [0.1, 0.15) is 6.92 Å². The van der Waals surface area contributed by atoms with Gasteiger partial charge in [0.2, 0.25) is 5.91 Å². The molecule has 0 aliphatic heterocycles. The van der Waals surface area contributed by atoms with Gasteiger partial charge in [-0.25, -0.2) is 13.1 Å². The van der Waals surface area contributed by atoms with Crippen molar-refractivity contribution < 1.29 is 13.2 Å². The molecule has 0 aliphatic carbocycles. The standard InChI is InChI=1S/C24H20ClN3O3S/c1-16(29)26-20-5-3-4-18(14-20)24-15-23(17-6-8-19(25)9-7-17)27-28(24)21-10-12-22(13-11-21)32(2,30)31/h3-15H,1-2H3,(H,26,29). The number of nitrogens with one attached hydrogen (secondary N) is 1. The van der Waals surface area contributed by atoms with Gasteiger partial charge < -0.3 is 5.32 Å². The van der Waals surface area contributed by atoms with Crippen LogP contribution in [0, 0.1) is 0 Å². The number of aromatic nitrogens is 2. The lowest BCUT2D eigenvalue weighted by molar-refractivity contribution is -0.114. The topological polar surface area (TPSA) is 81.1 Å². The molecule has 8 heteroatoms. The summed E-state index contributed by atoms with van der Waals surface area (Å²) in [7, 11) is -3.31. The Labute approximate surface area is 191 Å². The van der Waals surface area contributed by atoms with Crippen LogP contribution in [0.2, 0.25) is 5.02 Å². The van der Waals surface area contributed by atoms with Crippen molar-refractivity contribution in [1.82, 2.24) is 9.78 Å². The van der Waals surface area contributed by atoms with E-state index < -0.39 is 9.84 Å². The monoisotopic (exact) mass is 465 g/mol. The van der Waals surface area contributed by atoms with E-state index in [0.29, 0.717) is 16.4 Å². The number of hydrogen-bond donors (Lipinski definition) is 1. The maximum atomic E-state index is 11.8. The number of carbonyl (C=O) groups excluding carboxylic acids is 1. The van der Waals surface area contributed by atoms with Gasteiger partial charge in [0.25, 0.3) is 0 Å². The highest BCUT2D eigenvalue weighted by atomic mass is 35.5. The van der Waals surface area contributed by atoms with Crippen molar-refractivity contribution in [2.75, 3.05) is 11.6 Å². The van der Waals surface area contributed by atoms with E-state index in [0.717, 1.165) is 22.5 Å². The van der Waals surface area contributed by atoms with Crippen molar-refractivity contribution >= 4 is 33.0 Å². The summed E-state index contributed by atoms with van der Waals surface area (Å²) in [6, 6.07) is 23.3. The number of anilines is 1. The molecule has 32 heavy (non-hydrogen) atoms. The van der Waals surface area contributed by atoms with Crippen molar-refractivity contribution in [2.24, 2.45) is 0 Å². The highest BCUT2D eigenvalue weighted by Gasteiger charge is 2.15. The number of sulfone groups is 1. The van der Waals surface area contributed by atoms with E-state index in [4.69, 9.17) is 16.7 Å². The van der Waals surface area contributed by atoms with Gasteiger partial charge in [-0.05, 0) is 54.6 Å². The minimum atomic E-state index is -3.31. The lowest BCUT2D eigenvalue weighted by Crippen LogP contribution is -2.06.